The van der Waals surface area contributed by atoms with Gasteiger partial charge in [0.05, 0.1) is 44.8 Å². The molecule has 0 saturated heterocycles. The summed E-state index contributed by atoms with van der Waals surface area (Å²) < 4.78 is 2.80. The number of hydrogen-bond donors (Lipinski definition) is 2. The maximum Gasteiger partial charge on any atom is 0.338 e. The lowest BCUT2D eigenvalue weighted by molar-refractivity contribution is 0.0655. The average Bonchev–Trinajstić information content (AvgIpc) is 3.56. The monoisotopic (exact) mass is 458 g/mol. The molecule has 0 spiro atoms. The van der Waals surface area contributed by atoms with Gasteiger partial charge in [0.1, 0.15) is 25.3 Å². The van der Waals surface area contributed by atoms with Crippen LogP contribution in [0.15, 0.2) is 36.4 Å². The quantitative estimate of drug-likeness (QED) is 0.420. The summed E-state index contributed by atoms with van der Waals surface area (Å²) in [7, 11) is 2.88. The van der Waals surface area contributed by atoms with E-state index in [-0.39, 0.29) is 11.0 Å². The van der Waals surface area contributed by atoms with Crippen LogP contribution in [0, 0.1) is 0 Å². The predicted molar refractivity (Wildman–Crippen MR) is 125 cm³/mol. The number of carboxylic acids is 2. The van der Waals surface area contributed by atoms with Crippen LogP contribution in [0.2, 0.25) is 0 Å². The minimum atomic E-state index is -1.40. The number of carbonyl (C=O) groups is 2. The fraction of sp³-hybridized carbons (Fsp3) is 0.0833. The Morgan fingerprint density at radius 2 is 1.06 bits per heavy atom. The normalized spacial score (nSPS) is 12.1. The highest BCUT2D eigenvalue weighted by Crippen LogP contribution is 2.27. The van der Waals surface area contributed by atoms with Crippen molar-refractivity contribution in [3.8, 4) is 0 Å². The third kappa shape index (κ3) is 3.37. The molecule has 2 aliphatic heterocycles. The molecule has 0 fully saturated rings. The summed E-state index contributed by atoms with van der Waals surface area (Å²) in [5.41, 5.74) is 2.81. The van der Waals surface area contributed by atoms with Crippen molar-refractivity contribution in [3.05, 3.63) is 70.3 Å². The Balaban J connectivity index is 2.01. The summed E-state index contributed by atoms with van der Waals surface area (Å²) in [5, 5.41) is 19.8. The van der Waals surface area contributed by atoms with E-state index in [4.69, 9.17) is 9.68 Å². The third-order valence-electron chi connectivity index (χ3n) is 5.41. The molecule has 0 atom stereocenters. The molecule has 10 heteroatoms. The van der Waals surface area contributed by atoms with Crippen molar-refractivity contribution in [2.24, 2.45) is 0 Å². The molecule has 0 aliphatic carbocycles. The smallest absolute Gasteiger partial charge is 0.338 e. The number of nitrogens with zero attached hydrogens (tertiary/aromatic N) is 4. The highest BCUT2D eigenvalue weighted by atomic mass is 16.6. The van der Waals surface area contributed by atoms with Crippen molar-refractivity contribution in [2.45, 2.75) is 0 Å². The molecule has 10 nitrogen and oxygen atoms in total. The summed E-state index contributed by atoms with van der Waals surface area (Å²) in [6, 6.07) is 10.3. The Kier molecular flexibility index (Phi) is 4.90. The van der Waals surface area contributed by atoms with Gasteiger partial charge in [-0.05, 0) is 60.7 Å². The molecule has 5 rings (SSSR count). The van der Waals surface area contributed by atoms with E-state index < -0.39 is 23.1 Å². The van der Waals surface area contributed by atoms with Crippen LogP contribution < -0.4 is 9.68 Å². The molecule has 3 aromatic heterocycles. The van der Waals surface area contributed by atoms with Crippen molar-refractivity contribution in [3.63, 3.8) is 0 Å². The van der Waals surface area contributed by atoms with E-state index >= 15 is 0 Å². The zero-order chi connectivity index (χ0) is 24.0. The Morgan fingerprint density at radius 1 is 0.676 bits per heavy atom. The minimum Gasteiger partial charge on any atom is -0.478 e. The van der Waals surface area contributed by atoms with Crippen LogP contribution >= 0.6 is 0 Å². The van der Waals surface area contributed by atoms with Crippen LogP contribution in [-0.4, -0.2) is 55.8 Å². The summed E-state index contributed by atoms with van der Waals surface area (Å²) in [6.07, 6.45) is 6.92. The molecular formula is C24H18N4O6. The molecule has 0 amide bonds. The first-order chi connectivity index (χ1) is 16.4. The first-order valence-electron chi connectivity index (χ1n) is 10.1. The SMILES string of the molecule is COn1c2ccc1cc1nc(cc3c(C(=O)O)c(C(=O)O)c(cc4nc(c2)C=C4)n3OC)C=C1. The van der Waals surface area contributed by atoms with Crippen LogP contribution in [0.25, 0.3) is 46.4 Å². The van der Waals surface area contributed by atoms with Gasteiger partial charge in [-0.3, -0.25) is 0 Å². The lowest BCUT2D eigenvalue weighted by Gasteiger charge is -2.03. The maximum absolute atomic E-state index is 12.1. The van der Waals surface area contributed by atoms with Gasteiger partial charge in [-0.2, -0.15) is 9.46 Å². The van der Waals surface area contributed by atoms with Gasteiger partial charge in [0, 0.05) is 0 Å². The molecule has 170 valence electrons. The standard InChI is InChI=1S/C24H18N4O6/c1-33-27-17-7-8-18(27)10-14-4-6-16(26-14)12-20-22(24(31)32)21(23(29)30)19(28(20)34-2)11-15-5-3-13(9-17)25-15/h3-12H,1-2H3,(H,29,30)(H,31,32). The highest BCUT2D eigenvalue weighted by Gasteiger charge is 2.27. The second-order valence-corrected chi connectivity index (χ2v) is 7.43. The molecule has 8 bridgehead atoms. The fourth-order valence-corrected chi connectivity index (χ4v) is 4.05. The summed E-state index contributed by atoms with van der Waals surface area (Å²) in [4.78, 5) is 44.3. The highest BCUT2D eigenvalue weighted by molar-refractivity contribution is 6.12. The lowest BCUT2D eigenvalue weighted by atomic mass is 10.1. The van der Waals surface area contributed by atoms with E-state index in [2.05, 4.69) is 9.97 Å². The van der Waals surface area contributed by atoms with Crippen molar-refractivity contribution in [1.29, 1.82) is 0 Å². The van der Waals surface area contributed by atoms with Crippen molar-refractivity contribution in [2.75, 3.05) is 14.2 Å². The number of fused-ring (bicyclic) bond motifs is 8. The minimum absolute atomic E-state index is 0.0382. The Morgan fingerprint density at radius 3 is 1.41 bits per heavy atom. The van der Waals surface area contributed by atoms with E-state index in [0.29, 0.717) is 22.8 Å². The van der Waals surface area contributed by atoms with Gasteiger partial charge in [0.2, 0.25) is 0 Å². The topological polar surface area (TPSA) is 129 Å². The van der Waals surface area contributed by atoms with Crippen molar-refractivity contribution in [1.82, 2.24) is 19.4 Å². The number of aromatic carboxylic acids is 2. The van der Waals surface area contributed by atoms with Crippen LogP contribution in [0.4, 0.5) is 0 Å². The Bertz CT molecular complexity index is 1480. The van der Waals surface area contributed by atoms with Gasteiger partial charge in [0.15, 0.2) is 0 Å². The van der Waals surface area contributed by atoms with Crippen LogP contribution in [0.1, 0.15) is 43.5 Å². The third-order valence-corrected chi connectivity index (χ3v) is 5.41. The maximum atomic E-state index is 12.1. The zero-order valence-electron chi connectivity index (χ0n) is 18.1. The second-order valence-electron chi connectivity index (χ2n) is 7.43. The number of hydrogen-bond acceptors (Lipinski definition) is 6. The number of rotatable bonds is 4. The van der Waals surface area contributed by atoms with Crippen LogP contribution in [0.3, 0.4) is 0 Å². The Labute approximate surface area is 192 Å². The van der Waals surface area contributed by atoms with Crippen molar-refractivity contribution >= 4 is 58.3 Å². The second kappa shape index (κ2) is 7.93. The largest absolute Gasteiger partial charge is 0.478 e. The van der Waals surface area contributed by atoms with E-state index in [9.17, 15) is 19.8 Å². The summed E-state index contributed by atoms with van der Waals surface area (Å²) >= 11 is 0. The van der Waals surface area contributed by atoms with Crippen molar-refractivity contribution < 1.29 is 29.5 Å². The van der Waals surface area contributed by atoms with Crippen LogP contribution in [0.5, 0.6) is 0 Å². The van der Waals surface area contributed by atoms with Gasteiger partial charge in [-0.25, -0.2) is 19.6 Å². The van der Waals surface area contributed by atoms with E-state index in [1.807, 2.05) is 24.3 Å². The van der Waals surface area contributed by atoms with E-state index in [1.165, 1.54) is 19.2 Å². The molecule has 2 N–H and O–H groups in total. The molecule has 3 aromatic rings. The molecule has 5 heterocycles. The summed E-state index contributed by atoms with van der Waals surface area (Å²) in [6.45, 7) is 0. The van der Waals surface area contributed by atoms with Gasteiger partial charge in [-0.15, -0.1) is 0 Å². The first-order valence-corrected chi connectivity index (χ1v) is 10.1. The molecule has 0 unspecified atom stereocenters. The molecule has 34 heavy (non-hydrogen) atoms. The summed E-state index contributed by atoms with van der Waals surface area (Å²) in [5.74, 6) is -2.81. The van der Waals surface area contributed by atoms with Gasteiger partial charge < -0.3 is 19.9 Å². The number of aromatic nitrogens is 4. The molecule has 0 radical (unpaired) electrons. The fourth-order valence-electron chi connectivity index (χ4n) is 4.05. The van der Waals surface area contributed by atoms with Crippen LogP contribution in [-0.2, 0) is 0 Å². The molecule has 0 saturated carbocycles. The lowest BCUT2D eigenvalue weighted by Crippen LogP contribution is -2.06. The first kappa shape index (κ1) is 21.0. The van der Waals surface area contributed by atoms with Gasteiger partial charge >= 0.3 is 11.9 Å². The molecular weight excluding hydrogens is 440 g/mol. The van der Waals surface area contributed by atoms with E-state index in [1.54, 1.807) is 36.1 Å². The molecule has 0 aromatic carbocycles. The van der Waals surface area contributed by atoms with E-state index in [0.717, 1.165) is 15.8 Å². The average molecular weight is 458 g/mol. The zero-order valence-corrected chi connectivity index (χ0v) is 18.1. The van der Waals surface area contributed by atoms with Gasteiger partial charge in [-0.1, -0.05) is 0 Å². The van der Waals surface area contributed by atoms with Gasteiger partial charge in [0.25, 0.3) is 0 Å². The Hall–Kier alpha value is -4.86. The molecule has 2 aliphatic rings. The predicted octanol–water partition coefficient (Wildman–Crippen LogP) is 3.12. The number of carboxylic acid groups (broad SMARTS) is 2.